The first kappa shape index (κ1) is 20.9. The molecule has 0 aliphatic carbocycles. The Morgan fingerprint density at radius 3 is 2.48 bits per heavy atom. The number of nitro groups is 1. The molecule has 3 aromatic rings. The summed E-state index contributed by atoms with van der Waals surface area (Å²) >= 11 is 0. The zero-order valence-corrected chi connectivity index (χ0v) is 17.7. The van der Waals surface area contributed by atoms with Gasteiger partial charge in [0.1, 0.15) is 16.8 Å². The number of aromatic nitrogens is 3. The van der Waals surface area contributed by atoms with Gasteiger partial charge in [-0.15, -0.1) is 0 Å². The molecule has 1 unspecified atom stereocenters. The van der Waals surface area contributed by atoms with Crippen molar-refractivity contribution in [3.63, 3.8) is 0 Å². The molecule has 0 radical (unpaired) electrons. The van der Waals surface area contributed by atoms with Crippen molar-refractivity contribution < 1.29 is 13.3 Å². The largest absolute Gasteiger partial charge is 0.370 e. The Labute approximate surface area is 179 Å². The molecule has 1 aliphatic heterocycles. The predicted molar refractivity (Wildman–Crippen MR) is 114 cm³/mol. The summed E-state index contributed by atoms with van der Waals surface area (Å²) in [6.07, 6.45) is 1.53. The molecule has 1 fully saturated rings. The topological polar surface area (TPSA) is 134 Å². The van der Waals surface area contributed by atoms with E-state index in [9.17, 15) is 18.5 Å². The summed E-state index contributed by atoms with van der Waals surface area (Å²) in [5.41, 5.74) is 0.798. The van der Waals surface area contributed by atoms with Crippen LogP contribution in [0.5, 0.6) is 0 Å². The Morgan fingerprint density at radius 1 is 1.16 bits per heavy atom. The molecule has 10 nitrogen and oxygen atoms in total. The Balaban J connectivity index is 1.81. The first-order chi connectivity index (χ1) is 14.9. The minimum absolute atomic E-state index is 0.128. The maximum Gasteiger partial charge on any atom is 0.270 e. The van der Waals surface area contributed by atoms with E-state index in [1.54, 1.807) is 6.92 Å². The molecule has 31 heavy (non-hydrogen) atoms. The third kappa shape index (κ3) is 4.28. The Bertz CT molecular complexity index is 1190. The number of aromatic amines is 1. The standard InChI is InChI=1S/C20H22N6O4S/c1-14-21-20(24-23-14)19(15-7-3-2-4-8-15)22-17-10-9-16(26(27)28)13-18(17)31(29,30)25-11-5-6-12-25/h2-4,7-10,13,19,22H,5-6,11-12H2,1H3,(H,21,23,24). The average molecular weight is 443 g/mol. The van der Waals surface area contributed by atoms with Crippen LogP contribution in [0.1, 0.15) is 36.1 Å². The van der Waals surface area contributed by atoms with Gasteiger partial charge in [0.15, 0.2) is 5.82 Å². The number of aryl methyl sites for hydroxylation is 1. The van der Waals surface area contributed by atoms with Crippen LogP contribution in [0.4, 0.5) is 11.4 Å². The second-order valence-corrected chi connectivity index (χ2v) is 9.22. The number of H-pyrrole nitrogens is 1. The number of anilines is 1. The lowest BCUT2D eigenvalue weighted by Crippen LogP contribution is -2.29. The monoisotopic (exact) mass is 442 g/mol. The Morgan fingerprint density at radius 2 is 1.87 bits per heavy atom. The molecular weight excluding hydrogens is 420 g/mol. The molecule has 2 heterocycles. The van der Waals surface area contributed by atoms with Crippen LogP contribution in [0.3, 0.4) is 0 Å². The maximum atomic E-state index is 13.3. The smallest absolute Gasteiger partial charge is 0.270 e. The minimum atomic E-state index is -3.91. The third-order valence-corrected chi connectivity index (χ3v) is 7.10. The fraction of sp³-hybridized carbons (Fsp3) is 0.300. The molecule has 2 N–H and O–H groups in total. The predicted octanol–water partition coefficient (Wildman–Crippen LogP) is 3.01. The van der Waals surface area contributed by atoms with Crippen molar-refractivity contribution in [3.05, 3.63) is 75.9 Å². The summed E-state index contributed by atoms with van der Waals surface area (Å²) in [4.78, 5) is 15.0. The van der Waals surface area contributed by atoms with Gasteiger partial charge in [-0.25, -0.2) is 13.4 Å². The molecule has 2 aromatic carbocycles. The molecule has 1 aromatic heterocycles. The van der Waals surface area contributed by atoms with E-state index >= 15 is 0 Å². The van der Waals surface area contributed by atoms with Crippen LogP contribution >= 0.6 is 0 Å². The van der Waals surface area contributed by atoms with E-state index < -0.39 is 21.0 Å². The van der Waals surface area contributed by atoms with Crippen molar-refractivity contribution in [2.75, 3.05) is 18.4 Å². The summed E-state index contributed by atoms with van der Waals surface area (Å²) in [6.45, 7) is 2.56. The van der Waals surface area contributed by atoms with Gasteiger partial charge in [-0.1, -0.05) is 30.3 Å². The van der Waals surface area contributed by atoms with Gasteiger partial charge >= 0.3 is 0 Å². The number of nitro benzene ring substituents is 1. The molecule has 0 amide bonds. The Hall–Kier alpha value is -3.31. The first-order valence-electron chi connectivity index (χ1n) is 9.85. The van der Waals surface area contributed by atoms with Gasteiger partial charge < -0.3 is 5.32 Å². The summed E-state index contributed by atoms with van der Waals surface area (Å²) in [7, 11) is -3.91. The van der Waals surface area contributed by atoms with Crippen molar-refractivity contribution in [1.82, 2.24) is 19.5 Å². The molecule has 4 rings (SSSR count). The number of non-ortho nitro benzene ring substituents is 1. The van der Waals surface area contributed by atoms with Crippen molar-refractivity contribution in [2.24, 2.45) is 0 Å². The van der Waals surface area contributed by atoms with E-state index in [4.69, 9.17) is 0 Å². The molecule has 1 atom stereocenters. The maximum absolute atomic E-state index is 13.3. The van der Waals surface area contributed by atoms with E-state index in [2.05, 4.69) is 20.5 Å². The normalized spacial score (nSPS) is 15.6. The molecule has 0 saturated carbocycles. The van der Waals surface area contributed by atoms with Crippen LogP contribution in [0.25, 0.3) is 0 Å². The van der Waals surface area contributed by atoms with Crippen LogP contribution in [0.2, 0.25) is 0 Å². The second-order valence-electron chi connectivity index (χ2n) is 7.32. The number of benzene rings is 2. The highest BCUT2D eigenvalue weighted by molar-refractivity contribution is 7.89. The molecule has 11 heteroatoms. The van der Waals surface area contributed by atoms with Crippen molar-refractivity contribution in [3.8, 4) is 0 Å². The van der Waals surface area contributed by atoms with Crippen LogP contribution in [-0.2, 0) is 10.0 Å². The highest BCUT2D eigenvalue weighted by atomic mass is 32.2. The number of sulfonamides is 1. The highest BCUT2D eigenvalue weighted by Crippen LogP contribution is 2.34. The van der Waals surface area contributed by atoms with Crippen molar-refractivity contribution in [2.45, 2.75) is 30.7 Å². The van der Waals surface area contributed by atoms with Gasteiger partial charge in [-0.2, -0.15) is 9.40 Å². The third-order valence-electron chi connectivity index (χ3n) is 5.16. The van der Waals surface area contributed by atoms with Crippen LogP contribution in [0, 0.1) is 17.0 Å². The summed E-state index contributed by atoms with van der Waals surface area (Å²) in [6, 6.07) is 12.6. The summed E-state index contributed by atoms with van der Waals surface area (Å²) in [5.74, 6) is 1.05. The average Bonchev–Trinajstić information content (AvgIpc) is 3.45. The van der Waals surface area contributed by atoms with Gasteiger partial charge in [-0.3, -0.25) is 15.2 Å². The SMILES string of the molecule is Cc1nc(C(Nc2ccc([N+](=O)[O-])cc2S(=O)(=O)N2CCCC2)c2ccccc2)n[nH]1. The van der Waals surface area contributed by atoms with Crippen LogP contribution < -0.4 is 5.32 Å². The molecule has 1 aliphatic rings. The highest BCUT2D eigenvalue weighted by Gasteiger charge is 2.32. The van der Waals surface area contributed by atoms with E-state index in [0.29, 0.717) is 24.7 Å². The van der Waals surface area contributed by atoms with E-state index in [0.717, 1.165) is 24.5 Å². The molecule has 0 bridgehead atoms. The fourth-order valence-electron chi connectivity index (χ4n) is 3.61. The second kappa shape index (κ2) is 8.44. The summed E-state index contributed by atoms with van der Waals surface area (Å²) in [5, 5.41) is 21.6. The van der Waals surface area contributed by atoms with Gasteiger partial charge in [0.25, 0.3) is 5.69 Å². The lowest BCUT2D eigenvalue weighted by Gasteiger charge is -2.22. The first-order valence-corrected chi connectivity index (χ1v) is 11.3. The van der Waals surface area contributed by atoms with Crippen LogP contribution in [-0.4, -0.2) is 45.9 Å². The molecule has 1 saturated heterocycles. The summed E-state index contributed by atoms with van der Waals surface area (Å²) < 4.78 is 28.0. The van der Waals surface area contributed by atoms with E-state index in [-0.39, 0.29) is 16.3 Å². The Kier molecular flexibility index (Phi) is 5.70. The minimum Gasteiger partial charge on any atom is -0.370 e. The quantitative estimate of drug-likeness (QED) is 0.424. The van der Waals surface area contributed by atoms with Gasteiger partial charge in [-0.05, 0) is 31.4 Å². The number of nitrogens with zero attached hydrogens (tertiary/aromatic N) is 4. The van der Waals surface area contributed by atoms with E-state index in [1.807, 2.05) is 30.3 Å². The van der Waals surface area contributed by atoms with Crippen LogP contribution in [0.15, 0.2) is 53.4 Å². The van der Waals surface area contributed by atoms with Crippen molar-refractivity contribution >= 4 is 21.4 Å². The zero-order valence-electron chi connectivity index (χ0n) is 16.9. The lowest BCUT2D eigenvalue weighted by atomic mass is 10.1. The van der Waals surface area contributed by atoms with Crippen molar-refractivity contribution in [1.29, 1.82) is 0 Å². The molecule has 0 spiro atoms. The molecule has 162 valence electrons. The number of hydrogen-bond acceptors (Lipinski definition) is 7. The zero-order chi connectivity index (χ0) is 22.0. The van der Waals surface area contributed by atoms with E-state index in [1.165, 1.54) is 16.4 Å². The van der Waals surface area contributed by atoms with Gasteiger partial charge in [0, 0.05) is 25.2 Å². The fourth-order valence-corrected chi connectivity index (χ4v) is 5.30. The number of rotatable bonds is 7. The number of nitrogens with one attached hydrogen (secondary N) is 2. The van der Waals surface area contributed by atoms with Gasteiger partial charge in [0.2, 0.25) is 10.0 Å². The molecular formula is C20H22N6O4S. The number of hydrogen-bond donors (Lipinski definition) is 2. The lowest BCUT2D eigenvalue weighted by molar-refractivity contribution is -0.385. The van der Waals surface area contributed by atoms with Gasteiger partial charge in [0.05, 0.1) is 10.6 Å².